The van der Waals surface area contributed by atoms with E-state index in [0.717, 1.165) is 18.9 Å². The fraction of sp³-hybridized carbons (Fsp3) is 0.688. The predicted octanol–water partition coefficient (Wildman–Crippen LogP) is 3.53. The third kappa shape index (κ3) is 3.47. The van der Waals surface area contributed by atoms with Crippen molar-refractivity contribution in [3.63, 3.8) is 0 Å². The second kappa shape index (κ2) is 6.38. The molecule has 0 amide bonds. The topological polar surface area (TPSA) is 28.2 Å². The first-order valence-corrected chi connectivity index (χ1v) is 7.62. The highest BCUT2D eigenvalue weighted by Crippen LogP contribution is 2.37. The summed E-state index contributed by atoms with van der Waals surface area (Å²) in [5.74, 6) is 0.997. The summed E-state index contributed by atoms with van der Waals surface area (Å²) in [5, 5.41) is 3.28. The summed E-state index contributed by atoms with van der Waals surface area (Å²) >= 11 is 0. The number of aromatic nitrogens is 1. The number of rotatable bonds is 6. The van der Waals surface area contributed by atoms with Crippen molar-refractivity contribution in [1.29, 1.82) is 0 Å². The van der Waals surface area contributed by atoms with Gasteiger partial charge in [0.25, 0.3) is 0 Å². The maximum atomic E-state index is 4.34. The van der Waals surface area contributed by atoms with Gasteiger partial charge in [0.15, 0.2) is 0 Å². The molecule has 19 heavy (non-hydrogen) atoms. The van der Waals surface area contributed by atoms with Crippen molar-refractivity contribution in [2.45, 2.75) is 46.6 Å². The Morgan fingerprint density at radius 1 is 1.32 bits per heavy atom. The molecule has 0 saturated carbocycles. The predicted molar refractivity (Wildman–Crippen MR) is 81.3 cm³/mol. The number of hydrogen-bond acceptors (Lipinski definition) is 3. The van der Waals surface area contributed by atoms with Crippen molar-refractivity contribution in [3.05, 3.63) is 23.9 Å². The molecule has 1 N–H and O–H groups in total. The lowest BCUT2D eigenvalue weighted by molar-refractivity contribution is 0.236. The highest BCUT2D eigenvalue weighted by atomic mass is 15.2. The van der Waals surface area contributed by atoms with E-state index in [9.17, 15) is 0 Å². The molecule has 0 bridgehead atoms. The monoisotopic (exact) mass is 261 g/mol. The van der Waals surface area contributed by atoms with E-state index in [4.69, 9.17) is 0 Å². The molecule has 2 rings (SSSR count). The molecule has 0 atom stereocenters. The summed E-state index contributed by atoms with van der Waals surface area (Å²) in [6, 6.07) is 4.32. The summed E-state index contributed by atoms with van der Waals surface area (Å²) in [5.41, 5.74) is 1.94. The quantitative estimate of drug-likeness (QED) is 0.849. The van der Waals surface area contributed by atoms with Crippen LogP contribution >= 0.6 is 0 Å². The SMILES string of the molecule is CCNc1cc(CN2CCC(CC)(CC)C2)ccn1. The van der Waals surface area contributed by atoms with Crippen molar-refractivity contribution in [2.75, 3.05) is 25.0 Å². The van der Waals surface area contributed by atoms with Gasteiger partial charge in [0.1, 0.15) is 5.82 Å². The van der Waals surface area contributed by atoms with Crippen molar-refractivity contribution >= 4 is 5.82 Å². The van der Waals surface area contributed by atoms with E-state index in [1.807, 2.05) is 6.20 Å². The first-order valence-electron chi connectivity index (χ1n) is 7.62. The van der Waals surface area contributed by atoms with Crippen molar-refractivity contribution in [3.8, 4) is 0 Å². The lowest BCUT2D eigenvalue weighted by Gasteiger charge is -2.26. The van der Waals surface area contributed by atoms with E-state index >= 15 is 0 Å². The average Bonchev–Trinajstić information content (AvgIpc) is 2.84. The van der Waals surface area contributed by atoms with Crippen LogP contribution in [-0.4, -0.2) is 29.5 Å². The molecule has 1 aromatic rings. The second-order valence-corrected chi connectivity index (χ2v) is 5.75. The molecule has 0 aliphatic carbocycles. The Balaban J connectivity index is 1.97. The van der Waals surface area contributed by atoms with Crippen LogP contribution in [-0.2, 0) is 6.54 Å². The molecule has 0 unspecified atom stereocenters. The Morgan fingerprint density at radius 2 is 2.11 bits per heavy atom. The molecule has 1 aliphatic rings. The van der Waals surface area contributed by atoms with Gasteiger partial charge >= 0.3 is 0 Å². The van der Waals surface area contributed by atoms with Crippen molar-refractivity contribution in [2.24, 2.45) is 5.41 Å². The number of pyridine rings is 1. The normalized spacial score (nSPS) is 18.7. The van der Waals surface area contributed by atoms with Gasteiger partial charge in [0.05, 0.1) is 0 Å². The van der Waals surface area contributed by atoms with E-state index in [1.165, 1.54) is 37.9 Å². The van der Waals surface area contributed by atoms with E-state index in [1.54, 1.807) is 0 Å². The zero-order valence-electron chi connectivity index (χ0n) is 12.6. The number of anilines is 1. The maximum Gasteiger partial charge on any atom is 0.126 e. The summed E-state index contributed by atoms with van der Waals surface area (Å²) in [6.07, 6.45) is 5.87. The number of nitrogens with one attached hydrogen (secondary N) is 1. The van der Waals surface area contributed by atoms with Gasteiger partial charge in [-0.1, -0.05) is 13.8 Å². The highest BCUT2D eigenvalue weighted by Gasteiger charge is 2.34. The average molecular weight is 261 g/mol. The number of likely N-dealkylation sites (tertiary alicyclic amines) is 1. The van der Waals surface area contributed by atoms with Gasteiger partial charge in [0, 0.05) is 25.8 Å². The van der Waals surface area contributed by atoms with E-state index in [0.29, 0.717) is 5.41 Å². The van der Waals surface area contributed by atoms with Gasteiger partial charge in [-0.3, -0.25) is 4.90 Å². The van der Waals surface area contributed by atoms with Gasteiger partial charge in [-0.2, -0.15) is 0 Å². The van der Waals surface area contributed by atoms with Gasteiger partial charge in [-0.05, 0) is 55.8 Å². The minimum absolute atomic E-state index is 0.567. The summed E-state index contributed by atoms with van der Waals surface area (Å²) < 4.78 is 0. The van der Waals surface area contributed by atoms with Crippen LogP contribution in [0.15, 0.2) is 18.3 Å². The molecule has 106 valence electrons. The van der Waals surface area contributed by atoms with Gasteiger partial charge in [-0.15, -0.1) is 0 Å². The number of hydrogen-bond donors (Lipinski definition) is 1. The van der Waals surface area contributed by atoms with Crippen LogP contribution in [0.2, 0.25) is 0 Å². The van der Waals surface area contributed by atoms with Crippen LogP contribution < -0.4 is 5.32 Å². The number of nitrogens with zero attached hydrogens (tertiary/aromatic N) is 2. The Hall–Kier alpha value is -1.09. The second-order valence-electron chi connectivity index (χ2n) is 5.75. The van der Waals surface area contributed by atoms with E-state index in [-0.39, 0.29) is 0 Å². The molecule has 2 heterocycles. The van der Waals surface area contributed by atoms with Gasteiger partial charge in [0.2, 0.25) is 0 Å². The van der Waals surface area contributed by atoms with Crippen LogP contribution in [0.25, 0.3) is 0 Å². The third-order valence-electron chi connectivity index (χ3n) is 4.61. The van der Waals surface area contributed by atoms with Crippen LogP contribution in [0.3, 0.4) is 0 Å². The molecule has 1 aromatic heterocycles. The first-order chi connectivity index (χ1) is 9.21. The molecule has 0 aromatic carbocycles. The summed E-state index contributed by atoms with van der Waals surface area (Å²) in [7, 11) is 0. The Labute approximate surface area is 117 Å². The Kier molecular flexibility index (Phi) is 4.81. The lowest BCUT2D eigenvalue weighted by Crippen LogP contribution is -2.26. The molecule has 1 saturated heterocycles. The molecule has 0 spiro atoms. The maximum absolute atomic E-state index is 4.34. The van der Waals surface area contributed by atoms with E-state index in [2.05, 4.69) is 48.1 Å². The minimum atomic E-state index is 0.567. The fourth-order valence-corrected chi connectivity index (χ4v) is 3.10. The third-order valence-corrected chi connectivity index (χ3v) is 4.61. The van der Waals surface area contributed by atoms with Crippen LogP contribution in [0.4, 0.5) is 5.82 Å². The Bertz CT molecular complexity index is 399. The smallest absolute Gasteiger partial charge is 0.126 e. The van der Waals surface area contributed by atoms with Gasteiger partial charge in [-0.25, -0.2) is 4.98 Å². The summed E-state index contributed by atoms with van der Waals surface area (Å²) in [6.45, 7) is 11.2. The first kappa shape index (κ1) is 14.3. The largest absolute Gasteiger partial charge is 0.370 e. The van der Waals surface area contributed by atoms with Crippen LogP contribution in [0.5, 0.6) is 0 Å². The molecule has 1 aliphatic heterocycles. The lowest BCUT2D eigenvalue weighted by atomic mass is 9.82. The van der Waals surface area contributed by atoms with Crippen LogP contribution in [0.1, 0.15) is 45.6 Å². The molecular weight excluding hydrogens is 234 g/mol. The standard InChI is InChI=1S/C16H27N3/c1-4-16(5-2)8-10-19(13-16)12-14-7-9-18-15(11-14)17-6-3/h7,9,11H,4-6,8,10,12-13H2,1-3H3,(H,17,18). The molecule has 1 fully saturated rings. The molecular formula is C16H27N3. The van der Waals surface area contributed by atoms with Crippen LogP contribution in [0, 0.1) is 5.41 Å². The Morgan fingerprint density at radius 3 is 2.74 bits per heavy atom. The minimum Gasteiger partial charge on any atom is -0.370 e. The molecule has 3 heteroatoms. The fourth-order valence-electron chi connectivity index (χ4n) is 3.10. The molecule has 0 radical (unpaired) electrons. The zero-order valence-corrected chi connectivity index (χ0v) is 12.6. The summed E-state index contributed by atoms with van der Waals surface area (Å²) in [4.78, 5) is 6.93. The van der Waals surface area contributed by atoms with Crippen molar-refractivity contribution in [1.82, 2.24) is 9.88 Å². The zero-order chi connectivity index (χ0) is 13.7. The van der Waals surface area contributed by atoms with Gasteiger partial charge < -0.3 is 5.32 Å². The van der Waals surface area contributed by atoms with Crippen molar-refractivity contribution < 1.29 is 0 Å². The highest BCUT2D eigenvalue weighted by molar-refractivity contribution is 5.37. The molecule has 3 nitrogen and oxygen atoms in total. The van der Waals surface area contributed by atoms with E-state index < -0.39 is 0 Å².